The van der Waals surface area contributed by atoms with Gasteiger partial charge in [-0.2, -0.15) is 0 Å². The Bertz CT molecular complexity index is 2160. The van der Waals surface area contributed by atoms with Gasteiger partial charge in [0.2, 0.25) is 23.6 Å². The number of hydrogen-bond acceptors (Lipinski definition) is 8. The van der Waals surface area contributed by atoms with Crippen LogP contribution in [0.4, 0.5) is 21.0 Å². The van der Waals surface area contributed by atoms with Crippen LogP contribution in [0.2, 0.25) is 0 Å². The van der Waals surface area contributed by atoms with Crippen LogP contribution in [-0.2, 0) is 43.2 Å². The molecule has 0 bridgehead atoms. The van der Waals surface area contributed by atoms with Gasteiger partial charge in [-0.05, 0) is 73.9 Å². The van der Waals surface area contributed by atoms with Crippen molar-refractivity contribution in [3.05, 3.63) is 113 Å². The largest absolute Gasteiger partial charge is 0.480 e. The van der Waals surface area contributed by atoms with E-state index in [0.29, 0.717) is 47.5 Å². The summed E-state index contributed by atoms with van der Waals surface area (Å²) in [4.78, 5) is 98.3. The first kappa shape index (κ1) is 48.4. The molecule has 18 nitrogen and oxygen atoms in total. The first-order valence-electron chi connectivity index (χ1n) is 20.8. The summed E-state index contributed by atoms with van der Waals surface area (Å²) in [5, 5.41) is 28.9. The van der Waals surface area contributed by atoms with Crippen LogP contribution < -0.4 is 43.0 Å². The molecule has 4 aromatic rings. The fourth-order valence-electron chi connectivity index (χ4n) is 6.56. The lowest BCUT2D eigenvalue weighted by atomic mass is 9.96. The van der Waals surface area contributed by atoms with Gasteiger partial charge in [0.15, 0.2) is 0 Å². The van der Waals surface area contributed by atoms with Gasteiger partial charge < -0.3 is 53.0 Å². The molecule has 1 aromatic heterocycles. The number of carbonyl (C=O) groups is 7. The Labute approximate surface area is 366 Å². The molecular weight excluding hydrogens is 809 g/mol. The number of nitrogens with zero attached hydrogens (tertiary/aromatic N) is 1. The molecule has 0 aliphatic rings. The van der Waals surface area contributed by atoms with Crippen LogP contribution in [0.1, 0.15) is 67.5 Å². The van der Waals surface area contributed by atoms with Crippen molar-refractivity contribution in [1.82, 2.24) is 36.6 Å². The number of aliphatic carboxylic acids is 1. The number of unbranched alkanes of at least 4 members (excludes halogenated alkanes) is 1. The predicted octanol–water partition coefficient (Wildman–Crippen LogP) is 3.61. The van der Waals surface area contributed by atoms with Crippen molar-refractivity contribution < 1.29 is 38.7 Å². The number of nitrogens with two attached hydrogens (primary N) is 1. The van der Waals surface area contributed by atoms with Crippen LogP contribution in [0.5, 0.6) is 0 Å². The van der Waals surface area contributed by atoms with E-state index in [1.54, 1.807) is 49.4 Å². The van der Waals surface area contributed by atoms with Crippen molar-refractivity contribution >= 4 is 53.0 Å². The van der Waals surface area contributed by atoms with Crippen LogP contribution in [0.25, 0.3) is 0 Å². The molecule has 336 valence electrons. The second-order valence-corrected chi connectivity index (χ2v) is 15.5. The number of primary amides is 1. The third-order valence-electron chi connectivity index (χ3n) is 10.4. The lowest BCUT2D eigenvalue weighted by Gasteiger charge is -2.29. The van der Waals surface area contributed by atoms with Crippen molar-refractivity contribution in [2.45, 2.75) is 96.8 Å². The highest BCUT2D eigenvalue weighted by Gasteiger charge is 2.34. The zero-order valence-electron chi connectivity index (χ0n) is 36.0. The Balaban J connectivity index is 1.47. The summed E-state index contributed by atoms with van der Waals surface area (Å²) in [6, 6.07) is 15.4. The van der Waals surface area contributed by atoms with Gasteiger partial charge in [0.1, 0.15) is 24.2 Å². The number of hydrogen-bond donors (Lipinski definition) is 10. The Morgan fingerprint density at radius 3 is 2.05 bits per heavy atom. The molecule has 11 N–H and O–H groups in total. The van der Waals surface area contributed by atoms with Crippen LogP contribution in [-0.4, -0.2) is 87.4 Å². The topological polar surface area (TPSA) is 279 Å². The van der Waals surface area contributed by atoms with Gasteiger partial charge in [0.05, 0.1) is 18.4 Å². The van der Waals surface area contributed by atoms with E-state index in [4.69, 9.17) is 5.73 Å². The van der Waals surface area contributed by atoms with Crippen LogP contribution in [0.15, 0.2) is 85.3 Å². The minimum absolute atomic E-state index is 0.0173. The van der Waals surface area contributed by atoms with Gasteiger partial charge >= 0.3 is 18.0 Å². The monoisotopic (exact) mass is 866 g/mol. The van der Waals surface area contributed by atoms with Gasteiger partial charge in [0.25, 0.3) is 0 Å². The number of amides is 8. The molecule has 1 heterocycles. The van der Waals surface area contributed by atoms with E-state index < -0.39 is 71.7 Å². The number of carboxylic acids is 1. The smallest absolute Gasteiger partial charge is 0.326 e. The molecule has 18 heteroatoms. The summed E-state index contributed by atoms with van der Waals surface area (Å²) in [6.07, 6.45) is 4.16. The first-order valence-corrected chi connectivity index (χ1v) is 20.8. The average molecular weight is 867 g/mol. The molecule has 0 spiro atoms. The second kappa shape index (κ2) is 24.3. The van der Waals surface area contributed by atoms with E-state index in [0.717, 1.165) is 11.1 Å². The molecule has 63 heavy (non-hydrogen) atoms. The van der Waals surface area contributed by atoms with E-state index >= 15 is 0 Å². The Morgan fingerprint density at radius 2 is 1.41 bits per heavy atom. The summed E-state index contributed by atoms with van der Waals surface area (Å²) < 4.78 is 0. The average Bonchev–Trinajstić information content (AvgIpc) is 3.76. The molecule has 0 saturated carbocycles. The SMILES string of the molecule is CCC(C)[C@H](NC(=O)[C@H](CCCCNC(N)=O)NC(=O)Cc1ccc(NC(=O)Nc2ccccc2C)cc1)C(=O)N[C@@H](Cc1ccc(C)cc1)C(=O)N[C@H](Cc1c[nH]cn1)C(=O)O. The van der Waals surface area contributed by atoms with Crippen LogP contribution in [0.3, 0.4) is 0 Å². The summed E-state index contributed by atoms with van der Waals surface area (Å²) in [5.74, 6) is -4.28. The van der Waals surface area contributed by atoms with E-state index in [1.165, 1.54) is 12.5 Å². The number of carboxylic acid groups (broad SMARTS) is 1. The number of aromatic amines is 1. The van der Waals surface area contributed by atoms with Crippen LogP contribution >= 0.6 is 0 Å². The molecule has 1 unspecified atom stereocenters. The first-order chi connectivity index (χ1) is 30.1. The van der Waals surface area contributed by atoms with Crippen molar-refractivity contribution in [3.8, 4) is 0 Å². The lowest BCUT2D eigenvalue weighted by Crippen LogP contribution is -2.59. The Morgan fingerprint density at radius 1 is 0.746 bits per heavy atom. The number of nitrogens with one attached hydrogen (secondary N) is 8. The number of H-pyrrole nitrogens is 1. The molecular formula is C45H58N10O8. The maximum Gasteiger partial charge on any atom is 0.326 e. The standard InChI is InChI=1S/C45H58N10O8/c1-5-28(3)39(42(59)52-36(22-30-15-13-27(2)14-16-30)41(58)53-37(43(60)61)24-33-25-47-26-49-33)55-40(57)35(12-8-9-21-48-44(46)62)51-38(56)23-31-17-19-32(20-18-31)50-45(63)54-34-11-7-6-10-29(34)4/h6-7,10-11,13-20,25-26,28,35-37,39H,5,8-9,12,21-24H2,1-4H3,(H,47,49)(H,51,56)(H,52,59)(H,53,58)(H,55,57)(H,60,61)(H3,46,48,62)(H2,50,54,63)/t28?,35-,36-,37+,39-/m0/s1. The number of urea groups is 2. The minimum atomic E-state index is -1.35. The highest BCUT2D eigenvalue weighted by molar-refractivity contribution is 6.00. The number of aryl methyl sites for hydroxylation is 2. The summed E-state index contributed by atoms with van der Waals surface area (Å²) in [5.41, 5.74) is 9.96. The Kier molecular flexibility index (Phi) is 18.7. The second-order valence-electron chi connectivity index (χ2n) is 15.5. The third-order valence-corrected chi connectivity index (χ3v) is 10.4. The van der Waals surface area contributed by atoms with Crippen molar-refractivity contribution in [3.63, 3.8) is 0 Å². The van der Waals surface area contributed by atoms with E-state index in [2.05, 4.69) is 47.2 Å². The molecule has 0 aliphatic heterocycles. The molecule has 0 radical (unpaired) electrons. The fraction of sp³-hybridized carbons (Fsp3) is 0.378. The van der Waals surface area contributed by atoms with Crippen LogP contribution in [0, 0.1) is 19.8 Å². The minimum Gasteiger partial charge on any atom is -0.480 e. The van der Waals surface area contributed by atoms with E-state index in [1.807, 2.05) is 51.1 Å². The van der Waals surface area contributed by atoms with Crippen molar-refractivity contribution in [1.29, 1.82) is 0 Å². The Hall–Kier alpha value is -7.24. The maximum atomic E-state index is 14.2. The third kappa shape index (κ3) is 16.3. The quantitative estimate of drug-likeness (QED) is 0.0487. The highest BCUT2D eigenvalue weighted by Crippen LogP contribution is 2.16. The number of rotatable bonds is 23. The summed E-state index contributed by atoms with van der Waals surface area (Å²) >= 11 is 0. The molecule has 0 aliphatic carbocycles. The molecule has 5 atom stereocenters. The molecule has 0 fully saturated rings. The number of aromatic nitrogens is 2. The molecule has 0 saturated heterocycles. The van der Waals surface area contributed by atoms with Gasteiger partial charge in [-0.1, -0.05) is 80.4 Å². The summed E-state index contributed by atoms with van der Waals surface area (Å²) in [7, 11) is 0. The van der Waals surface area contributed by atoms with Crippen molar-refractivity contribution in [2.24, 2.45) is 11.7 Å². The molecule has 3 aromatic carbocycles. The van der Waals surface area contributed by atoms with Gasteiger partial charge in [-0.15, -0.1) is 0 Å². The van der Waals surface area contributed by atoms with Gasteiger partial charge in [-0.25, -0.2) is 19.4 Å². The van der Waals surface area contributed by atoms with E-state index in [9.17, 15) is 38.7 Å². The lowest BCUT2D eigenvalue weighted by molar-refractivity contribution is -0.142. The van der Waals surface area contributed by atoms with E-state index in [-0.39, 0.29) is 32.2 Å². The van der Waals surface area contributed by atoms with Gasteiger partial charge in [-0.3, -0.25) is 19.2 Å². The number of benzene rings is 3. The zero-order chi connectivity index (χ0) is 45.9. The molecule has 4 rings (SSSR count). The number of para-hydroxylation sites is 1. The highest BCUT2D eigenvalue weighted by atomic mass is 16.4. The molecule has 8 amide bonds. The normalized spacial score (nSPS) is 13.2. The number of imidazole rings is 1. The zero-order valence-corrected chi connectivity index (χ0v) is 36.0. The number of anilines is 2. The summed E-state index contributed by atoms with van der Waals surface area (Å²) in [6.45, 7) is 7.63. The van der Waals surface area contributed by atoms with Gasteiger partial charge in [0, 0.05) is 37.0 Å². The maximum absolute atomic E-state index is 14.2. The number of carbonyl (C=O) groups excluding carboxylic acids is 6. The van der Waals surface area contributed by atoms with Crippen molar-refractivity contribution in [2.75, 3.05) is 17.2 Å². The predicted molar refractivity (Wildman–Crippen MR) is 237 cm³/mol. The fourth-order valence-corrected chi connectivity index (χ4v) is 6.56.